The minimum absolute atomic E-state index is 0.104. The fourth-order valence-corrected chi connectivity index (χ4v) is 3.13. The summed E-state index contributed by atoms with van der Waals surface area (Å²) in [5, 5.41) is 8.48. The maximum absolute atomic E-state index is 12.3. The molecule has 4 rings (SSSR count). The Balaban J connectivity index is 1.62. The number of fused-ring (bicyclic) bond motifs is 3. The van der Waals surface area contributed by atoms with E-state index >= 15 is 0 Å². The Morgan fingerprint density at radius 1 is 1.05 bits per heavy atom. The zero-order valence-corrected chi connectivity index (χ0v) is 12.3. The number of carbonyl (C=O) groups excluding carboxylic acids is 1. The molecule has 1 aliphatic rings. The summed E-state index contributed by atoms with van der Waals surface area (Å²) < 4.78 is 5.86. The van der Waals surface area contributed by atoms with Crippen LogP contribution >= 0.6 is 0 Å². The van der Waals surface area contributed by atoms with Crippen LogP contribution < -0.4 is 10.6 Å². The third-order valence-corrected chi connectivity index (χ3v) is 4.36. The summed E-state index contributed by atoms with van der Waals surface area (Å²) >= 11 is 0. The third-order valence-electron chi connectivity index (χ3n) is 4.36. The van der Waals surface area contributed by atoms with E-state index in [0.717, 1.165) is 53.6 Å². The maximum Gasteiger partial charge on any atom is 0.227 e. The van der Waals surface area contributed by atoms with Crippen molar-refractivity contribution in [3.05, 3.63) is 42.5 Å². The molecule has 0 unspecified atom stereocenters. The molecule has 0 spiro atoms. The number of carbonyl (C=O) groups is 1. The summed E-state index contributed by atoms with van der Waals surface area (Å²) in [4.78, 5) is 12.3. The average molecular weight is 294 g/mol. The van der Waals surface area contributed by atoms with Gasteiger partial charge in [0.25, 0.3) is 0 Å². The highest BCUT2D eigenvalue weighted by Gasteiger charge is 2.21. The average Bonchev–Trinajstić information content (AvgIpc) is 2.93. The van der Waals surface area contributed by atoms with Crippen LogP contribution in [0.25, 0.3) is 21.9 Å². The van der Waals surface area contributed by atoms with Gasteiger partial charge >= 0.3 is 0 Å². The zero-order valence-electron chi connectivity index (χ0n) is 12.3. The summed E-state index contributed by atoms with van der Waals surface area (Å²) in [6.45, 7) is 1.83. The quantitative estimate of drug-likeness (QED) is 0.760. The van der Waals surface area contributed by atoms with Gasteiger partial charge in [0, 0.05) is 28.4 Å². The number of benzene rings is 2. The van der Waals surface area contributed by atoms with Crippen LogP contribution in [0.15, 0.2) is 46.9 Å². The molecule has 22 heavy (non-hydrogen) atoms. The van der Waals surface area contributed by atoms with Gasteiger partial charge in [0.2, 0.25) is 5.91 Å². The molecule has 2 heterocycles. The van der Waals surface area contributed by atoms with Crippen molar-refractivity contribution in [1.82, 2.24) is 5.32 Å². The summed E-state index contributed by atoms with van der Waals surface area (Å²) in [5.74, 6) is 0.213. The number of amides is 1. The number of nitrogens with one attached hydrogen (secondary N) is 2. The lowest BCUT2D eigenvalue weighted by Crippen LogP contribution is -2.34. The van der Waals surface area contributed by atoms with Gasteiger partial charge in [-0.05, 0) is 44.1 Å². The van der Waals surface area contributed by atoms with Crippen LogP contribution in [0, 0.1) is 5.92 Å². The number of hydrogen-bond donors (Lipinski definition) is 2. The van der Waals surface area contributed by atoms with Crippen molar-refractivity contribution >= 4 is 33.5 Å². The normalized spacial score (nSPS) is 16.2. The SMILES string of the molecule is O=C(Nc1ccc2c(c1)oc1ccccc12)C1CCNCC1. The van der Waals surface area contributed by atoms with E-state index in [-0.39, 0.29) is 11.8 Å². The Hall–Kier alpha value is -2.33. The van der Waals surface area contributed by atoms with Gasteiger partial charge in [0.15, 0.2) is 0 Å². The third kappa shape index (κ3) is 2.35. The van der Waals surface area contributed by atoms with Gasteiger partial charge in [-0.3, -0.25) is 4.79 Å². The summed E-state index contributed by atoms with van der Waals surface area (Å²) in [5.41, 5.74) is 2.48. The van der Waals surface area contributed by atoms with Crippen molar-refractivity contribution < 1.29 is 9.21 Å². The molecule has 0 radical (unpaired) electrons. The number of rotatable bonds is 2. The Morgan fingerprint density at radius 2 is 1.82 bits per heavy atom. The number of furan rings is 1. The molecule has 112 valence electrons. The lowest BCUT2D eigenvalue weighted by molar-refractivity contribution is -0.120. The van der Waals surface area contributed by atoms with Crippen molar-refractivity contribution in [3.8, 4) is 0 Å². The summed E-state index contributed by atoms with van der Waals surface area (Å²) in [6, 6.07) is 13.8. The van der Waals surface area contributed by atoms with Crippen LogP contribution in [0.4, 0.5) is 5.69 Å². The second kappa shape index (κ2) is 5.46. The molecule has 0 atom stereocenters. The van der Waals surface area contributed by atoms with Crippen molar-refractivity contribution in [2.45, 2.75) is 12.8 Å². The van der Waals surface area contributed by atoms with E-state index in [9.17, 15) is 4.79 Å². The van der Waals surface area contributed by atoms with Crippen LogP contribution in [0.3, 0.4) is 0 Å². The number of piperidine rings is 1. The van der Waals surface area contributed by atoms with Gasteiger partial charge in [0.1, 0.15) is 11.2 Å². The van der Waals surface area contributed by atoms with Crippen LogP contribution in [-0.2, 0) is 4.79 Å². The van der Waals surface area contributed by atoms with Gasteiger partial charge in [0.05, 0.1) is 0 Å². The minimum atomic E-state index is 0.104. The summed E-state index contributed by atoms with van der Waals surface area (Å²) in [6.07, 6.45) is 1.80. The topological polar surface area (TPSA) is 54.3 Å². The van der Waals surface area contributed by atoms with Gasteiger partial charge in [-0.2, -0.15) is 0 Å². The maximum atomic E-state index is 12.3. The molecule has 4 heteroatoms. The lowest BCUT2D eigenvalue weighted by atomic mass is 9.97. The fourth-order valence-electron chi connectivity index (χ4n) is 3.13. The van der Waals surface area contributed by atoms with Crippen molar-refractivity contribution in [2.24, 2.45) is 5.92 Å². The number of hydrogen-bond acceptors (Lipinski definition) is 3. The molecule has 0 aliphatic carbocycles. The minimum Gasteiger partial charge on any atom is -0.456 e. The van der Waals surface area contributed by atoms with E-state index < -0.39 is 0 Å². The Bertz CT molecular complexity index is 831. The number of anilines is 1. The largest absolute Gasteiger partial charge is 0.456 e. The molecule has 1 saturated heterocycles. The summed E-state index contributed by atoms with van der Waals surface area (Å²) in [7, 11) is 0. The Labute approximate surface area is 128 Å². The molecule has 4 nitrogen and oxygen atoms in total. The highest BCUT2D eigenvalue weighted by molar-refractivity contribution is 6.06. The second-order valence-electron chi connectivity index (χ2n) is 5.82. The Morgan fingerprint density at radius 3 is 2.68 bits per heavy atom. The van der Waals surface area contributed by atoms with Gasteiger partial charge in [-0.1, -0.05) is 18.2 Å². The van der Waals surface area contributed by atoms with E-state index in [1.165, 1.54) is 0 Å². The molecule has 1 aromatic heterocycles. The molecular weight excluding hydrogens is 276 g/mol. The molecule has 2 N–H and O–H groups in total. The van der Waals surface area contributed by atoms with Crippen molar-refractivity contribution in [2.75, 3.05) is 18.4 Å². The van der Waals surface area contributed by atoms with E-state index in [2.05, 4.69) is 16.7 Å². The van der Waals surface area contributed by atoms with Crippen LogP contribution in [0.2, 0.25) is 0 Å². The fraction of sp³-hybridized carbons (Fsp3) is 0.278. The van der Waals surface area contributed by atoms with E-state index in [4.69, 9.17) is 4.42 Å². The first kappa shape index (κ1) is 13.3. The van der Waals surface area contributed by atoms with Crippen LogP contribution in [0.5, 0.6) is 0 Å². The van der Waals surface area contributed by atoms with E-state index in [1.807, 2.05) is 36.4 Å². The van der Waals surface area contributed by atoms with Crippen LogP contribution in [0.1, 0.15) is 12.8 Å². The van der Waals surface area contributed by atoms with Crippen LogP contribution in [-0.4, -0.2) is 19.0 Å². The van der Waals surface area contributed by atoms with Gasteiger partial charge < -0.3 is 15.1 Å². The first-order valence-electron chi connectivity index (χ1n) is 7.74. The predicted molar refractivity (Wildman–Crippen MR) is 87.9 cm³/mol. The molecular formula is C18H18N2O2. The second-order valence-corrected chi connectivity index (χ2v) is 5.82. The smallest absolute Gasteiger partial charge is 0.227 e. The van der Waals surface area contributed by atoms with Crippen molar-refractivity contribution in [1.29, 1.82) is 0 Å². The monoisotopic (exact) mass is 294 g/mol. The molecule has 1 aliphatic heterocycles. The first-order valence-corrected chi connectivity index (χ1v) is 7.74. The number of para-hydroxylation sites is 1. The molecule has 0 saturated carbocycles. The molecule has 3 aromatic rings. The molecule has 0 bridgehead atoms. The molecule has 1 amide bonds. The highest BCUT2D eigenvalue weighted by atomic mass is 16.3. The first-order chi connectivity index (χ1) is 10.8. The molecule has 1 fully saturated rings. The van der Waals surface area contributed by atoms with E-state index in [1.54, 1.807) is 0 Å². The molecule has 2 aromatic carbocycles. The van der Waals surface area contributed by atoms with Gasteiger partial charge in [-0.25, -0.2) is 0 Å². The van der Waals surface area contributed by atoms with Gasteiger partial charge in [-0.15, -0.1) is 0 Å². The highest BCUT2D eigenvalue weighted by Crippen LogP contribution is 2.30. The predicted octanol–water partition coefficient (Wildman–Crippen LogP) is 3.52. The standard InChI is InChI=1S/C18H18N2O2/c21-18(12-7-9-19-10-8-12)20-13-5-6-15-14-3-1-2-4-16(14)22-17(15)11-13/h1-6,11-12,19H,7-10H2,(H,20,21). The van der Waals surface area contributed by atoms with Crippen molar-refractivity contribution in [3.63, 3.8) is 0 Å². The zero-order chi connectivity index (χ0) is 14.9. The Kier molecular flexibility index (Phi) is 3.31. The van der Waals surface area contributed by atoms with E-state index in [0.29, 0.717) is 0 Å². The lowest BCUT2D eigenvalue weighted by Gasteiger charge is -2.21.